The molecule has 0 bridgehead atoms. The molecule has 6 heteroatoms. The average molecular weight is 322 g/mol. The van der Waals surface area contributed by atoms with Crippen LogP contribution in [-0.4, -0.2) is 21.7 Å². The van der Waals surface area contributed by atoms with Crippen molar-refractivity contribution in [2.24, 2.45) is 0 Å². The summed E-state index contributed by atoms with van der Waals surface area (Å²) in [5.74, 6) is 0.719. The third-order valence-electron chi connectivity index (χ3n) is 4.08. The molecule has 0 atom stereocenters. The van der Waals surface area contributed by atoms with Crippen LogP contribution in [0, 0.1) is 18.3 Å². The van der Waals surface area contributed by atoms with Crippen molar-refractivity contribution < 1.29 is 4.74 Å². The number of ether oxygens (including phenoxy) is 1. The summed E-state index contributed by atoms with van der Waals surface area (Å²) in [5, 5.41) is 12.0. The van der Waals surface area contributed by atoms with Crippen molar-refractivity contribution in [3.05, 3.63) is 51.4 Å². The van der Waals surface area contributed by atoms with E-state index in [1.165, 1.54) is 10.7 Å². The second-order valence-corrected chi connectivity index (χ2v) is 5.98. The first-order valence-electron chi connectivity index (χ1n) is 7.67. The lowest BCUT2D eigenvalue weighted by molar-refractivity contribution is 0.412. The van der Waals surface area contributed by atoms with Gasteiger partial charge >= 0.3 is 0 Å². The third kappa shape index (κ3) is 2.35. The minimum atomic E-state index is -0.189. The molecular formula is C18H18N4O2. The number of fused-ring (bicyclic) bond motifs is 1. The van der Waals surface area contributed by atoms with Gasteiger partial charge in [0.25, 0.3) is 5.56 Å². The number of aromatic amines is 1. The topological polar surface area (TPSA) is 83.2 Å². The zero-order chi connectivity index (χ0) is 17.4. The summed E-state index contributed by atoms with van der Waals surface area (Å²) in [6, 6.07) is 7.78. The van der Waals surface area contributed by atoms with Gasteiger partial charge in [-0.25, -0.2) is 9.50 Å². The number of aromatic nitrogens is 3. The quantitative estimate of drug-likeness (QED) is 0.803. The highest BCUT2D eigenvalue weighted by Gasteiger charge is 2.20. The molecule has 0 amide bonds. The SMILES string of the molecule is COc1cc(-c2nc3c(C#N)c[nH]n3c(=O)c2C(C)C)ccc1C. The Balaban J connectivity index is 2.40. The molecule has 3 aromatic rings. The molecule has 0 aliphatic carbocycles. The van der Waals surface area contributed by atoms with Crippen LogP contribution in [0.1, 0.15) is 36.5 Å². The van der Waals surface area contributed by atoms with E-state index in [0.29, 0.717) is 22.5 Å². The predicted octanol–water partition coefficient (Wildman–Crippen LogP) is 3.00. The maximum Gasteiger partial charge on any atom is 0.276 e. The fourth-order valence-electron chi connectivity index (χ4n) is 2.82. The molecule has 0 fully saturated rings. The Morgan fingerprint density at radius 1 is 1.38 bits per heavy atom. The summed E-state index contributed by atoms with van der Waals surface area (Å²) in [5.41, 5.74) is 3.47. The lowest BCUT2D eigenvalue weighted by atomic mass is 9.97. The zero-order valence-corrected chi connectivity index (χ0v) is 14.0. The van der Waals surface area contributed by atoms with E-state index in [1.807, 2.05) is 39.0 Å². The number of rotatable bonds is 3. The number of benzene rings is 1. The van der Waals surface area contributed by atoms with Crippen LogP contribution in [0.4, 0.5) is 0 Å². The van der Waals surface area contributed by atoms with Gasteiger partial charge in [-0.1, -0.05) is 26.0 Å². The summed E-state index contributed by atoms with van der Waals surface area (Å²) in [6.45, 7) is 5.86. The molecule has 2 heterocycles. The zero-order valence-electron chi connectivity index (χ0n) is 14.0. The monoisotopic (exact) mass is 322 g/mol. The van der Waals surface area contributed by atoms with Crippen LogP contribution < -0.4 is 10.3 Å². The number of hydrogen-bond acceptors (Lipinski definition) is 4. The molecule has 1 aromatic carbocycles. The number of H-pyrrole nitrogens is 1. The van der Waals surface area contributed by atoms with E-state index in [9.17, 15) is 10.1 Å². The Bertz CT molecular complexity index is 1020. The van der Waals surface area contributed by atoms with Crippen LogP contribution in [-0.2, 0) is 0 Å². The van der Waals surface area contributed by atoms with Crippen molar-refractivity contribution >= 4 is 5.65 Å². The molecule has 0 spiro atoms. The molecule has 24 heavy (non-hydrogen) atoms. The number of nitrogens with zero attached hydrogens (tertiary/aromatic N) is 3. The molecule has 0 saturated carbocycles. The Kier molecular flexibility index (Phi) is 3.86. The standard InChI is InChI=1S/C18H18N4O2/c1-10(2)15-16(12-6-5-11(3)14(7-12)24-4)21-17-13(8-19)9-20-22(17)18(15)23/h5-7,9-10,20H,1-4H3. The highest BCUT2D eigenvalue weighted by atomic mass is 16.5. The Morgan fingerprint density at radius 2 is 2.12 bits per heavy atom. The normalized spacial score (nSPS) is 11.0. The second-order valence-electron chi connectivity index (χ2n) is 5.98. The van der Waals surface area contributed by atoms with E-state index < -0.39 is 0 Å². The minimum absolute atomic E-state index is 0.0157. The molecule has 3 rings (SSSR count). The molecule has 0 radical (unpaired) electrons. The van der Waals surface area contributed by atoms with Crippen molar-refractivity contribution in [2.75, 3.05) is 7.11 Å². The van der Waals surface area contributed by atoms with Crippen LogP contribution in [0.3, 0.4) is 0 Å². The molecule has 0 aliphatic rings. The summed E-state index contributed by atoms with van der Waals surface area (Å²) >= 11 is 0. The highest BCUT2D eigenvalue weighted by molar-refractivity contribution is 5.69. The Morgan fingerprint density at radius 3 is 2.75 bits per heavy atom. The number of nitrogens with one attached hydrogen (secondary N) is 1. The summed E-state index contributed by atoms with van der Waals surface area (Å²) in [6.07, 6.45) is 1.49. The van der Waals surface area contributed by atoms with Gasteiger partial charge in [-0.2, -0.15) is 5.26 Å². The van der Waals surface area contributed by atoms with Crippen molar-refractivity contribution in [1.82, 2.24) is 14.6 Å². The third-order valence-corrected chi connectivity index (χ3v) is 4.08. The molecular weight excluding hydrogens is 304 g/mol. The number of aryl methyl sites for hydroxylation is 1. The van der Waals surface area contributed by atoms with Crippen molar-refractivity contribution in [3.8, 4) is 23.1 Å². The summed E-state index contributed by atoms with van der Waals surface area (Å²) < 4.78 is 6.71. The van der Waals surface area contributed by atoms with Gasteiger partial charge in [0, 0.05) is 17.3 Å². The van der Waals surface area contributed by atoms with Crippen LogP contribution >= 0.6 is 0 Å². The highest BCUT2D eigenvalue weighted by Crippen LogP contribution is 2.30. The van der Waals surface area contributed by atoms with Gasteiger partial charge in [0.1, 0.15) is 17.4 Å². The maximum absolute atomic E-state index is 12.9. The molecule has 0 aliphatic heterocycles. The lowest BCUT2D eigenvalue weighted by Crippen LogP contribution is -2.22. The molecule has 2 aromatic heterocycles. The van der Waals surface area contributed by atoms with Gasteiger partial charge in [-0.05, 0) is 24.5 Å². The predicted molar refractivity (Wildman–Crippen MR) is 91.3 cm³/mol. The van der Waals surface area contributed by atoms with Gasteiger partial charge < -0.3 is 4.74 Å². The first-order valence-corrected chi connectivity index (χ1v) is 7.67. The van der Waals surface area contributed by atoms with Crippen molar-refractivity contribution in [1.29, 1.82) is 5.26 Å². The molecule has 122 valence electrons. The number of hydrogen-bond donors (Lipinski definition) is 1. The molecule has 6 nitrogen and oxygen atoms in total. The fraction of sp³-hybridized carbons (Fsp3) is 0.278. The first kappa shape index (κ1) is 15.8. The lowest BCUT2D eigenvalue weighted by Gasteiger charge is -2.13. The average Bonchev–Trinajstić information content (AvgIpc) is 2.98. The number of nitriles is 1. The molecule has 0 unspecified atom stereocenters. The number of methoxy groups -OCH3 is 1. The molecule has 1 N–H and O–H groups in total. The van der Waals surface area contributed by atoms with E-state index in [0.717, 1.165) is 16.9 Å². The van der Waals surface area contributed by atoms with Crippen LogP contribution in [0.25, 0.3) is 16.9 Å². The fourth-order valence-corrected chi connectivity index (χ4v) is 2.82. The second kappa shape index (κ2) is 5.85. The van der Waals surface area contributed by atoms with Crippen LogP contribution in [0.5, 0.6) is 5.75 Å². The molecule has 0 saturated heterocycles. The summed E-state index contributed by atoms with van der Waals surface area (Å²) in [7, 11) is 1.61. The van der Waals surface area contributed by atoms with Gasteiger partial charge in [0.15, 0.2) is 5.65 Å². The Hall–Kier alpha value is -3.07. The van der Waals surface area contributed by atoms with Gasteiger partial charge in [0.2, 0.25) is 0 Å². The largest absolute Gasteiger partial charge is 0.496 e. The van der Waals surface area contributed by atoms with E-state index in [-0.39, 0.29) is 11.5 Å². The minimum Gasteiger partial charge on any atom is -0.496 e. The van der Waals surface area contributed by atoms with E-state index >= 15 is 0 Å². The van der Waals surface area contributed by atoms with Gasteiger partial charge in [-0.15, -0.1) is 0 Å². The van der Waals surface area contributed by atoms with E-state index in [2.05, 4.69) is 16.2 Å². The smallest absolute Gasteiger partial charge is 0.276 e. The maximum atomic E-state index is 12.9. The van der Waals surface area contributed by atoms with Gasteiger partial charge in [-0.3, -0.25) is 9.89 Å². The first-order chi connectivity index (χ1) is 11.5. The Labute approximate surface area is 139 Å². The van der Waals surface area contributed by atoms with Crippen LogP contribution in [0.2, 0.25) is 0 Å². The van der Waals surface area contributed by atoms with Crippen LogP contribution in [0.15, 0.2) is 29.2 Å². The van der Waals surface area contributed by atoms with E-state index in [4.69, 9.17) is 4.74 Å². The van der Waals surface area contributed by atoms with Crippen molar-refractivity contribution in [3.63, 3.8) is 0 Å². The van der Waals surface area contributed by atoms with Crippen molar-refractivity contribution in [2.45, 2.75) is 26.7 Å². The van der Waals surface area contributed by atoms with Gasteiger partial charge in [0.05, 0.1) is 12.8 Å². The summed E-state index contributed by atoms with van der Waals surface area (Å²) in [4.78, 5) is 17.5. The van der Waals surface area contributed by atoms with E-state index in [1.54, 1.807) is 7.11 Å².